The van der Waals surface area contributed by atoms with Crippen LogP contribution in [0.25, 0.3) is 11.0 Å². The van der Waals surface area contributed by atoms with Crippen molar-refractivity contribution < 1.29 is 9.13 Å². The molecule has 19 heavy (non-hydrogen) atoms. The van der Waals surface area contributed by atoms with Crippen molar-refractivity contribution in [2.24, 2.45) is 5.92 Å². The minimum Gasteiger partial charge on any atom is -0.378 e. The van der Waals surface area contributed by atoms with Crippen LogP contribution in [0.2, 0.25) is 0 Å². The molecular weight excluding hydrogens is 263 g/mol. The van der Waals surface area contributed by atoms with E-state index in [-0.39, 0.29) is 5.82 Å². The van der Waals surface area contributed by atoms with Crippen LogP contribution in [0.4, 0.5) is 4.39 Å². The summed E-state index contributed by atoms with van der Waals surface area (Å²) in [5, 5.41) is 0. The third-order valence-corrected chi connectivity index (χ3v) is 4.25. The van der Waals surface area contributed by atoms with E-state index in [4.69, 9.17) is 17.0 Å². The Kier molecular flexibility index (Phi) is 3.41. The first-order valence-corrected chi connectivity index (χ1v) is 7.10. The Balaban J connectivity index is 1.99. The summed E-state index contributed by atoms with van der Waals surface area (Å²) in [7, 11) is 0. The van der Waals surface area contributed by atoms with Gasteiger partial charge in [0.1, 0.15) is 11.3 Å². The first-order valence-electron chi connectivity index (χ1n) is 6.69. The van der Waals surface area contributed by atoms with E-state index in [9.17, 15) is 4.39 Å². The Morgan fingerprint density at radius 2 is 2.37 bits per heavy atom. The van der Waals surface area contributed by atoms with E-state index in [1.54, 1.807) is 6.07 Å². The van der Waals surface area contributed by atoms with E-state index in [2.05, 4.69) is 11.9 Å². The molecule has 0 aliphatic carbocycles. The SMILES string of the molecule is CCC1OCCC1Cn1c(=S)[nH]c2c(F)cccc21. The highest BCUT2D eigenvalue weighted by molar-refractivity contribution is 7.71. The van der Waals surface area contributed by atoms with Crippen LogP contribution in [0, 0.1) is 16.5 Å². The smallest absolute Gasteiger partial charge is 0.178 e. The zero-order valence-corrected chi connectivity index (χ0v) is 11.7. The number of hydrogen-bond acceptors (Lipinski definition) is 2. The van der Waals surface area contributed by atoms with Crippen molar-refractivity contribution in [1.82, 2.24) is 9.55 Å². The molecule has 0 amide bonds. The molecule has 2 heterocycles. The van der Waals surface area contributed by atoms with Crippen LogP contribution in [0.15, 0.2) is 18.2 Å². The molecule has 1 fully saturated rings. The summed E-state index contributed by atoms with van der Waals surface area (Å²) in [6.45, 7) is 3.74. The lowest BCUT2D eigenvalue weighted by atomic mass is 9.99. The number of aromatic nitrogens is 2. The average molecular weight is 280 g/mol. The third-order valence-electron chi connectivity index (χ3n) is 3.93. The molecule has 3 rings (SSSR count). The maximum absolute atomic E-state index is 13.7. The number of nitrogens with one attached hydrogen (secondary N) is 1. The average Bonchev–Trinajstić information content (AvgIpc) is 2.97. The molecule has 0 saturated carbocycles. The summed E-state index contributed by atoms with van der Waals surface area (Å²) < 4.78 is 22.0. The molecule has 0 bridgehead atoms. The van der Waals surface area contributed by atoms with Crippen LogP contribution in [0.3, 0.4) is 0 Å². The summed E-state index contributed by atoms with van der Waals surface area (Å²) in [5.41, 5.74) is 1.34. The van der Waals surface area contributed by atoms with E-state index in [0.29, 0.717) is 22.3 Å². The van der Waals surface area contributed by atoms with E-state index in [1.165, 1.54) is 6.07 Å². The van der Waals surface area contributed by atoms with Gasteiger partial charge in [0, 0.05) is 19.1 Å². The Labute approximate surface area is 116 Å². The molecule has 2 atom stereocenters. The second-order valence-corrected chi connectivity index (χ2v) is 5.43. The van der Waals surface area contributed by atoms with Crippen LogP contribution >= 0.6 is 12.2 Å². The zero-order chi connectivity index (χ0) is 13.4. The van der Waals surface area contributed by atoms with Crippen LogP contribution < -0.4 is 0 Å². The topological polar surface area (TPSA) is 29.9 Å². The molecule has 1 saturated heterocycles. The van der Waals surface area contributed by atoms with Gasteiger partial charge in [0.05, 0.1) is 11.6 Å². The van der Waals surface area contributed by atoms with Crippen molar-refractivity contribution in [3.05, 3.63) is 28.8 Å². The summed E-state index contributed by atoms with van der Waals surface area (Å²) in [4.78, 5) is 2.96. The van der Waals surface area contributed by atoms with E-state index in [1.807, 2.05) is 10.6 Å². The fourth-order valence-corrected chi connectivity index (χ4v) is 3.19. The van der Waals surface area contributed by atoms with Gasteiger partial charge < -0.3 is 14.3 Å². The standard InChI is InChI=1S/C14H17FN2OS/c1-2-12-9(6-7-18-12)8-17-11-5-3-4-10(15)13(11)16-14(17)19/h3-5,9,12H,2,6-8H2,1H3,(H,16,19). The van der Waals surface area contributed by atoms with Gasteiger partial charge in [0.2, 0.25) is 0 Å². The fourth-order valence-electron chi connectivity index (χ4n) is 2.91. The van der Waals surface area contributed by atoms with Crippen LogP contribution in [-0.4, -0.2) is 22.3 Å². The fraction of sp³-hybridized carbons (Fsp3) is 0.500. The summed E-state index contributed by atoms with van der Waals surface area (Å²) in [5.74, 6) is 0.205. The quantitative estimate of drug-likeness (QED) is 0.870. The number of fused-ring (bicyclic) bond motifs is 1. The molecule has 5 heteroatoms. The second kappa shape index (κ2) is 5.06. The number of nitrogens with zero attached hydrogens (tertiary/aromatic N) is 1. The first-order chi connectivity index (χ1) is 9.20. The molecule has 0 spiro atoms. The van der Waals surface area contributed by atoms with E-state index >= 15 is 0 Å². The van der Waals surface area contributed by atoms with Crippen molar-refractivity contribution in [2.45, 2.75) is 32.4 Å². The first kappa shape index (κ1) is 12.8. The lowest BCUT2D eigenvalue weighted by Gasteiger charge is -2.17. The summed E-state index contributed by atoms with van der Waals surface area (Å²) >= 11 is 5.32. The predicted octanol–water partition coefficient (Wildman–Crippen LogP) is 3.65. The van der Waals surface area contributed by atoms with Gasteiger partial charge in [-0.05, 0) is 37.2 Å². The number of ether oxygens (including phenoxy) is 1. The Hall–Kier alpha value is -1.20. The maximum atomic E-state index is 13.7. The van der Waals surface area contributed by atoms with Crippen molar-refractivity contribution in [3.63, 3.8) is 0 Å². The second-order valence-electron chi connectivity index (χ2n) is 5.04. The number of hydrogen-bond donors (Lipinski definition) is 1. The minimum absolute atomic E-state index is 0.253. The predicted molar refractivity (Wildman–Crippen MR) is 75.2 cm³/mol. The number of imidazole rings is 1. The molecule has 1 aliphatic rings. The normalized spacial score (nSPS) is 23.3. The maximum Gasteiger partial charge on any atom is 0.178 e. The molecule has 102 valence electrons. The van der Waals surface area contributed by atoms with Gasteiger partial charge in [0.15, 0.2) is 4.77 Å². The lowest BCUT2D eigenvalue weighted by molar-refractivity contribution is 0.0837. The number of aromatic amines is 1. The molecular formula is C14H17FN2OS. The Bertz CT molecular complexity index is 648. The molecule has 2 unspecified atom stereocenters. The molecule has 1 aromatic carbocycles. The van der Waals surface area contributed by atoms with E-state index in [0.717, 1.165) is 31.5 Å². The number of para-hydroxylation sites is 1. The summed E-state index contributed by atoms with van der Waals surface area (Å²) in [6, 6.07) is 5.08. The molecule has 1 N–H and O–H groups in total. The van der Waals surface area contributed by atoms with Crippen LogP contribution in [0.5, 0.6) is 0 Å². The highest BCUT2D eigenvalue weighted by atomic mass is 32.1. The van der Waals surface area contributed by atoms with Crippen LogP contribution in [0.1, 0.15) is 19.8 Å². The highest BCUT2D eigenvalue weighted by Gasteiger charge is 2.27. The van der Waals surface area contributed by atoms with Gasteiger partial charge in [-0.2, -0.15) is 0 Å². The van der Waals surface area contributed by atoms with E-state index < -0.39 is 0 Å². The zero-order valence-electron chi connectivity index (χ0n) is 10.9. The van der Waals surface area contributed by atoms with Crippen molar-refractivity contribution in [2.75, 3.05) is 6.61 Å². The summed E-state index contributed by atoms with van der Waals surface area (Å²) in [6.07, 6.45) is 2.34. The van der Waals surface area contributed by atoms with Gasteiger partial charge in [-0.25, -0.2) is 4.39 Å². The third kappa shape index (κ3) is 2.21. The number of halogens is 1. The molecule has 1 aliphatic heterocycles. The highest BCUT2D eigenvalue weighted by Crippen LogP contribution is 2.27. The van der Waals surface area contributed by atoms with Gasteiger partial charge in [-0.3, -0.25) is 0 Å². The lowest BCUT2D eigenvalue weighted by Crippen LogP contribution is -2.20. The number of H-pyrrole nitrogens is 1. The molecule has 3 nitrogen and oxygen atoms in total. The van der Waals surface area contributed by atoms with Gasteiger partial charge in [-0.1, -0.05) is 13.0 Å². The van der Waals surface area contributed by atoms with Gasteiger partial charge in [-0.15, -0.1) is 0 Å². The van der Waals surface area contributed by atoms with Crippen molar-refractivity contribution >= 4 is 23.3 Å². The number of rotatable bonds is 3. The Morgan fingerprint density at radius 3 is 3.16 bits per heavy atom. The van der Waals surface area contributed by atoms with Crippen LogP contribution in [-0.2, 0) is 11.3 Å². The Morgan fingerprint density at radius 1 is 1.53 bits per heavy atom. The molecule has 1 aromatic heterocycles. The molecule has 2 aromatic rings. The minimum atomic E-state index is -0.253. The van der Waals surface area contributed by atoms with Crippen molar-refractivity contribution in [3.8, 4) is 0 Å². The monoisotopic (exact) mass is 280 g/mol. The molecule has 0 radical (unpaired) electrons. The largest absolute Gasteiger partial charge is 0.378 e. The van der Waals surface area contributed by atoms with Gasteiger partial charge in [0.25, 0.3) is 0 Å². The van der Waals surface area contributed by atoms with Gasteiger partial charge >= 0.3 is 0 Å². The number of benzene rings is 1. The van der Waals surface area contributed by atoms with Crippen molar-refractivity contribution in [1.29, 1.82) is 0 Å².